The molecule has 6 heterocycles. The van der Waals surface area contributed by atoms with Gasteiger partial charge in [0.1, 0.15) is 84.6 Å². The van der Waals surface area contributed by atoms with Gasteiger partial charge in [-0.15, -0.1) is 11.8 Å². The number of nitrogens with two attached hydrogens (primary N) is 3. The minimum absolute atomic E-state index is 0.0143. The monoisotopic (exact) mass is 1920 g/mol. The van der Waals surface area contributed by atoms with Gasteiger partial charge in [-0.2, -0.15) is 5.26 Å². The second-order valence-corrected chi connectivity index (χ2v) is 36.2. The van der Waals surface area contributed by atoms with Crippen LogP contribution in [0.5, 0.6) is 0 Å². The number of aliphatic hydroxyl groups excluding tert-OH is 2. The number of thioether (sulfide) groups is 1. The molecule has 15 atom stereocenters. The standard InChI is InChI=1S/C92H127N25O19S/c1-9-11-24-71-84(129)105-62(23-17-31-99-92(96)97)80(125)112-70(79(124)102-44-76(95)121)47-137-48-77(122)104-66(34-52-27-29-53(40-93)30-28-52)87(132)113(6)51(5)78(123)108-68(39-75(94)120)89(134)116-32-18-26-72(116)85(130)107-64(37-56-43-98-49-103-56)82(127)109-65(33-50(3)4)90(135)117-45-57(119)38-74(117)86(131)106-63(35-54-41-100-60-21-15-13-19-58(54)60)81(126)111-69(46-118)83(128)110-67(36-55-42-101-61-22-16-14-20-59(55)61)88(133)115(8)73(25-12-10-2)91(136)114(71)7/h13-16,19-22,27-30,41-43,49-51,57,62-74,100-101,118-119H,9-12,17-18,23-26,31-39,44-48H2,1-8H3,(H2,94,120)(H2,95,121)(H,98,103)(H,102,124)(H,104,122)(H,105,129)(H,106,131)(H,107,130)(H,108,123)(H,109,127)(H,110,128)(H,111,126)(H,112,125)(H4,96,97,99)/t51-,57+,62-,63-,64-,65-,66-,67-,68-,69-,70-,71-,72-,73-,74?/m0/s1. The number of carbonyl (C=O) groups is 17. The van der Waals surface area contributed by atoms with Crippen LogP contribution in [0.15, 0.2) is 97.7 Å². The number of guanidine groups is 1. The van der Waals surface area contributed by atoms with Gasteiger partial charge in [-0.25, -0.2) is 4.98 Å². The summed E-state index contributed by atoms with van der Waals surface area (Å²) >= 11 is 0.760. The molecule has 0 radical (unpaired) electrons. The largest absolute Gasteiger partial charge is 0.394 e. The molecule has 3 fully saturated rings. The fraction of sp³-hybridized carbons (Fsp3) is 0.522. The van der Waals surface area contributed by atoms with Crippen LogP contribution in [0, 0.1) is 22.7 Å². The van der Waals surface area contributed by atoms with Gasteiger partial charge in [-0.05, 0) is 98.7 Å². The molecule has 44 nitrogen and oxygen atoms in total. The van der Waals surface area contributed by atoms with Gasteiger partial charge in [0, 0.05) is 125 Å². The summed E-state index contributed by atoms with van der Waals surface area (Å²) < 4.78 is 0. The number of imidazole rings is 1. The summed E-state index contributed by atoms with van der Waals surface area (Å²) in [7, 11) is 3.90. The average molecular weight is 1920 g/mol. The number of likely N-dealkylation sites (N-methyl/N-ethyl adjacent to an activating group) is 3. The first kappa shape index (κ1) is 107. The Kier molecular flexibility index (Phi) is 39.7. The molecule has 3 aliphatic heterocycles. The van der Waals surface area contributed by atoms with Crippen molar-refractivity contribution < 1.29 is 91.7 Å². The predicted molar refractivity (Wildman–Crippen MR) is 503 cm³/mol. The second-order valence-electron chi connectivity index (χ2n) is 35.1. The van der Waals surface area contributed by atoms with E-state index in [1.807, 2.05) is 19.9 Å². The van der Waals surface area contributed by atoms with Gasteiger partial charge in [0.2, 0.25) is 100 Å². The highest BCUT2D eigenvalue weighted by atomic mass is 32.2. The number of aliphatic hydroxyl groups is 2. The summed E-state index contributed by atoms with van der Waals surface area (Å²) in [5.41, 5.74) is 20.0. The molecule has 45 heteroatoms. The number of unbranched alkanes of at least 4 members (excludes halogenated alkanes) is 2. The summed E-state index contributed by atoms with van der Waals surface area (Å²) in [6.45, 7) is 5.99. The summed E-state index contributed by atoms with van der Waals surface area (Å²) in [5.74, 6) is -18.0. The van der Waals surface area contributed by atoms with Crippen LogP contribution < -0.4 is 75.7 Å². The van der Waals surface area contributed by atoms with Crippen molar-refractivity contribution in [1.29, 1.82) is 10.7 Å². The Labute approximate surface area is 796 Å². The number of fused-ring (bicyclic) bond motifs is 4. The first-order valence-corrected chi connectivity index (χ1v) is 47.0. The van der Waals surface area contributed by atoms with Crippen molar-refractivity contribution in [3.05, 3.63) is 126 Å². The van der Waals surface area contributed by atoms with Crippen molar-refractivity contribution in [2.45, 2.75) is 234 Å². The fourth-order valence-corrected chi connectivity index (χ4v) is 17.7. The molecule has 740 valence electrons. The van der Waals surface area contributed by atoms with Crippen LogP contribution in [0.1, 0.15) is 146 Å². The van der Waals surface area contributed by atoms with E-state index in [1.165, 1.54) is 64.9 Å². The molecule has 137 heavy (non-hydrogen) atoms. The Balaban J connectivity index is 1.11. The van der Waals surface area contributed by atoms with Gasteiger partial charge in [-0.1, -0.05) is 102 Å². The van der Waals surface area contributed by atoms with Crippen LogP contribution in [0.25, 0.3) is 21.8 Å². The molecule has 3 aromatic carbocycles. The third kappa shape index (κ3) is 29.7. The first-order valence-electron chi connectivity index (χ1n) is 45.8. The number of nitrogens with one attached hydrogen (secondary N) is 15. The second kappa shape index (κ2) is 51.1. The number of H-pyrrole nitrogens is 3. The van der Waals surface area contributed by atoms with Crippen LogP contribution in [0.4, 0.5) is 0 Å². The van der Waals surface area contributed by atoms with Crippen LogP contribution in [0.2, 0.25) is 0 Å². The highest BCUT2D eigenvalue weighted by molar-refractivity contribution is 8.00. The maximum Gasteiger partial charge on any atom is 0.246 e. The third-order valence-corrected chi connectivity index (χ3v) is 25.5. The fourth-order valence-electron chi connectivity index (χ4n) is 16.9. The number of nitrogens with zero attached hydrogens (tertiary/aromatic N) is 7. The SMILES string of the molecule is CCCC[C@H]1C(=O)N(C)[C@@H](CCCC)C(=O)N[C@@H](CCCNC(=N)N)C(=O)N[C@H](C(=O)NCC(N)=O)CSCC(=O)N[C@@H](Cc2ccc(C#N)cc2)C(=O)N(C)[C@@H](C)C(=O)N[C@@H](CC(N)=O)C(=O)N2CCC[C@H]2C(=O)N[C@@H](Cc2cnc[nH]2)C(=O)N[C@@H](CC(C)C)C(=O)N2C[C@H](O)CC2C(=O)N[C@@H](Cc2c[nH]c3ccccc23)C(=O)N[C@@H](CO)C(=O)N[C@@H](Cc2c[nH]c3ccccc23)C(=O)N1C. The van der Waals surface area contributed by atoms with E-state index in [0.717, 1.165) is 36.3 Å². The minimum Gasteiger partial charge on any atom is -0.394 e. The van der Waals surface area contributed by atoms with E-state index in [-0.39, 0.29) is 95.2 Å². The highest BCUT2D eigenvalue weighted by Crippen LogP contribution is 2.28. The smallest absolute Gasteiger partial charge is 0.246 e. The third-order valence-electron chi connectivity index (χ3n) is 24.5. The highest BCUT2D eigenvalue weighted by Gasteiger charge is 2.47. The van der Waals surface area contributed by atoms with Crippen LogP contribution in [-0.2, 0) is 107 Å². The van der Waals surface area contributed by atoms with Gasteiger partial charge < -0.3 is 125 Å². The van der Waals surface area contributed by atoms with E-state index in [4.69, 9.17) is 22.6 Å². The molecular formula is C92H127N25O19S. The van der Waals surface area contributed by atoms with Crippen molar-refractivity contribution in [1.82, 2.24) is 103 Å². The van der Waals surface area contributed by atoms with Gasteiger partial charge in [-0.3, -0.25) is 86.9 Å². The number of hydrogen-bond donors (Lipinski definition) is 20. The van der Waals surface area contributed by atoms with Crippen molar-refractivity contribution in [3.8, 4) is 6.07 Å². The number of benzene rings is 3. The molecule has 0 aliphatic carbocycles. The Morgan fingerprint density at radius 2 is 1.11 bits per heavy atom. The van der Waals surface area contributed by atoms with Gasteiger partial charge in [0.05, 0.1) is 49.4 Å². The normalized spacial score (nSPS) is 24.5. The van der Waals surface area contributed by atoms with E-state index in [9.17, 15) is 58.6 Å². The van der Waals surface area contributed by atoms with Gasteiger partial charge in [0.15, 0.2) is 5.96 Å². The quantitative estimate of drug-likeness (QED) is 0.0149. The molecule has 3 saturated heterocycles. The van der Waals surface area contributed by atoms with E-state index in [0.29, 0.717) is 69.9 Å². The number of aromatic amines is 3. The maximum atomic E-state index is 15.8. The lowest BCUT2D eigenvalue weighted by Crippen LogP contribution is -2.62. The topological polar surface area (TPSA) is 665 Å². The lowest BCUT2D eigenvalue weighted by Gasteiger charge is -2.36. The molecular weight excluding hydrogens is 1790 g/mol. The predicted octanol–water partition coefficient (Wildman–Crippen LogP) is -2.76. The molecule has 0 bridgehead atoms. The summed E-state index contributed by atoms with van der Waals surface area (Å²) in [4.78, 5) is 270. The van der Waals surface area contributed by atoms with Gasteiger partial charge >= 0.3 is 0 Å². The number of carbonyl (C=O) groups excluding carboxylic acids is 17. The molecule has 6 aromatic rings. The zero-order valence-electron chi connectivity index (χ0n) is 78.1. The molecule has 3 aliphatic rings. The number of aromatic nitrogens is 4. The lowest BCUT2D eigenvalue weighted by atomic mass is 10.00. The zero-order valence-corrected chi connectivity index (χ0v) is 78.9. The number of amides is 17. The van der Waals surface area contributed by atoms with E-state index >= 15 is 38.4 Å². The molecule has 23 N–H and O–H groups in total. The van der Waals surface area contributed by atoms with E-state index < -0.39 is 241 Å². The molecule has 0 saturated carbocycles. The Morgan fingerprint density at radius 1 is 0.569 bits per heavy atom. The van der Waals surface area contributed by atoms with Gasteiger partial charge in [0.25, 0.3) is 0 Å². The number of rotatable bonds is 26. The average Bonchev–Trinajstić information content (AvgIpc) is 1.80. The van der Waals surface area contributed by atoms with Crippen LogP contribution >= 0.6 is 11.8 Å². The molecule has 17 amide bonds. The lowest BCUT2D eigenvalue weighted by molar-refractivity contribution is -0.149. The van der Waals surface area contributed by atoms with E-state index in [2.05, 4.69) is 78.4 Å². The number of nitriles is 1. The zero-order chi connectivity index (χ0) is 100. The van der Waals surface area contributed by atoms with Crippen LogP contribution in [0.3, 0.4) is 0 Å². The molecule has 9 rings (SSSR count). The Morgan fingerprint density at radius 3 is 1.70 bits per heavy atom. The number of para-hydroxylation sites is 2. The van der Waals surface area contributed by atoms with E-state index in [1.54, 1.807) is 74.8 Å². The van der Waals surface area contributed by atoms with Crippen molar-refractivity contribution >= 4 is 140 Å². The van der Waals surface area contributed by atoms with Crippen molar-refractivity contribution in [2.75, 3.05) is 65.4 Å². The Hall–Kier alpha value is -14.0. The summed E-state index contributed by atoms with van der Waals surface area (Å²) in [5, 5.41) is 70.6. The minimum atomic E-state index is -1.90. The van der Waals surface area contributed by atoms with Crippen LogP contribution in [-0.4, -0.2) is 317 Å². The maximum absolute atomic E-state index is 15.8. The number of primary amides is 2. The summed E-state index contributed by atoms with van der Waals surface area (Å²) in [6.07, 6.45) is 3.61. The Bertz CT molecular complexity index is 5350. The molecule has 1 unspecified atom stereocenters. The summed E-state index contributed by atoms with van der Waals surface area (Å²) in [6, 6.07) is 0.0805. The molecule has 3 aromatic heterocycles. The van der Waals surface area contributed by atoms with Crippen molar-refractivity contribution in [3.63, 3.8) is 0 Å². The number of hydrogen-bond acceptors (Lipinski definition) is 23. The molecule has 0 spiro atoms. The van der Waals surface area contributed by atoms with Crippen molar-refractivity contribution in [2.24, 2.45) is 23.1 Å². The first-order chi connectivity index (χ1) is 65.3.